The van der Waals surface area contributed by atoms with Crippen LogP contribution in [0.4, 0.5) is 5.13 Å². The molecule has 7 heteroatoms. The lowest BCUT2D eigenvalue weighted by Crippen LogP contribution is -2.12. The Morgan fingerprint density at radius 3 is 3.00 bits per heavy atom. The summed E-state index contributed by atoms with van der Waals surface area (Å²) in [6.07, 6.45) is 5.36. The molecule has 3 rings (SSSR count). The first-order chi connectivity index (χ1) is 10.2. The molecule has 21 heavy (non-hydrogen) atoms. The van der Waals surface area contributed by atoms with Gasteiger partial charge in [-0.15, -0.1) is 10.2 Å². The number of imidazole rings is 1. The molecule has 1 aromatic carbocycles. The lowest BCUT2D eigenvalue weighted by atomic mass is 10.1. The highest BCUT2D eigenvalue weighted by Crippen LogP contribution is 2.15. The Kier molecular flexibility index (Phi) is 3.74. The number of aromatic nitrogens is 4. The van der Waals surface area contributed by atoms with Crippen LogP contribution in [0.5, 0.6) is 0 Å². The Morgan fingerprint density at radius 1 is 1.38 bits per heavy atom. The molecule has 0 saturated carbocycles. The van der Waals surface area contributed by atoms with Crippen LogP contribution in [0.1, 0.15) is 20.9 Å². The molecule has 0 fully saturated rings. The molecule has 2 heterocycles. The van der Waals surface area contributed by atoms with Crippen molar-refractivity contribution in [2.75, 3.05) is 5.32 Å². The van der Waals surface area contributed by atoms with E-state index in [0.717, 1.165) is 10.6 Å². The van der Waals surface area contributed by atoms with E-state index in [1.807, 2.05) is 35.9 Å². The fourth-order valence-electron chi connectivity index (χ4n) is 1.92. The maximum absolute atomic E-state index is 12.2. The Balaban J connectivity index is 1.74. The Labute approximate surface area is 125 Å². The third-order valence-corrected chi connectivity index (χ3v) is 3.61. The lowest BCUT2D eigenvalue weighted by Gasteiger charge is -2.05. The highest BCUT2D eigenvalue weighted by molar-refractivity contribution is 7.15. The summed E-state index contributed by atoms with van der Waals surface area (Å²) >= 11 is 1.35. The fourth-order valence-corrected chi connectivity index (χ4v) is 2.51. The second-order valence-corrected chi connectivity index (χ2v) is 5.70. The van der Waals surface area contributed by atoms with Gasteiger partial charge in [0, 0.05) is 24.5 Å². The summed E-state index contributed by atoms with van der Waals surface area (Å²) in [7, 11) is 0. The average Bonchev–Trinajstić information content (AvgIpc) is 3.11. The zero-order valence-corrected chi connectivity index (χ0v) is 12.2. The number of carbonyl (C=O) groups excluding carboxylic acids is 1. The van der Waals surface area contributed by atoms with Gasteiger partial charge in [0.05, 0.1) is 6.33 Å². The van der Waals surface area contributed by atoms with E-state index in [4.69, 9.17) is 0 Å². The summed E-state index contributed by atoms with van der Waals surface area (Å²) < 4.78 is 1.95. The number of anilines is 1. The molecule has 106 valence electrons. The number of aryl methyl sites for hydroxylation is 1. The molecular weight excluding hydrogens is 286 g/mol. The quantitative estimate of drug-likeness (QED) is 0.802. The van der Waals surface area contributed by atoms with Gasteiger partial charge in [-0.3, -0.25) is 10.1 Å². The number of carbonyl (C=O) groups is 1. The number of nitrogens with zero attached hydrogens (tertiary/aromatic N) is 4. The predicted octanol–water partition coefficient (Wildman–Crippen LogP) is 2.34. The third kappa shape index (κ3) is 3.32. The molecule has 2 aromatic heterocycles. The standard InChI is InChI=1S/C14H13N5OS/c1-10-17-18-14(21-10)16-13(20)12-4-2-3-11(7-12)8-19-6-5-15-9-19/h2-7,9H,8H2,1H3,(H,16,18,20). The maximum Gasteiger partial charge on any atom is 0.257 e. The Hall–Kier alpha value is -2.54. The first-order valence-corrected chi connectivity index (χ1v) is 7.18. The van der Waals surface area contributed by atoms with Gasteiger partial charge in [0.1, 0.15) is 5.01 Å². The van der Waals surface area contributed by atoms with Crippen LogP contribution >= 0.6 is 11.3 Å². The van der Waals surface area contributed by atoms with E-state index >= 15 is 0 Å². The highest BCUT2D eigenvalue weighted by atomic mass is 32.1. The van der Waals surface area contributed by atoms with E-state index in [9.17, 15) is 4.79 Å². The van der Waals surface area contributed by atoms with Crippen LogP contribution in [0.25, 0.3) is 0 Å². The first kappa shape index (κ1) is 13.4. The summed E-state index contributed by atoms with van der Waals surface area (Å²) in [5.74, 6) is -0.182. The maximum atomic E-state index is 12.2. The van der Waals surface area contributed by atoms with Gasteiger partial charge in [-0.2, -0.15) is 0 Å². The first-order valence-electron chi connectivity index (χ1n) is 6.37. The molecule has 0 aliphatic rings. The predicted molar refractivity (Wildman–Crippen MR) is 80.4 cm³/mol. The van der Waals surface area contributed by atoms with Crippen molar-refractivity contribution in [3.8, 4) is 0 Å². The molecule has 0 saturated heterocycles. The van der Waals surface area contributed by atoms with Crippen LogP contribution in [0.15, 0.2) is 43.0 Å². The van der Waals surface area contributed by atoms with Gasteiger partial charge in [0.15, 0.2) is 0 Å². The van der Waals surface area contributed by atoms with E-state index in [2.05, 4.69) is 20.5 Å². The molecule has 3 aromatic rings. The van der Waals surface area contributed by atoms with Crippen LogP contribution in [0.3, 0.4) is 0 Å². The van der Waals surface area contributed by atoms with Gasteiger partial charge in [-0.25, -0.2) is 4.98 Å². The number of amides is 1. The zero-order chi connectivity index (χ0) is 14.7. The molecular formula is C14H13N5OS. The zero-order valence-electron chi connectivity index (χ0n) is 11.4. The second-order valence-electron chi connectivity index (χ2n) is 4.52. The molecule has 0 bridgehead atoms. The number of hydrogen-bond acceptors (Lipinski definition) is 5. The van der Waals surface area contributed by atoms with Gasteiger partial charge >= 0.3 is 0 Å². The smallest absolute Gasteiger partial charge is 0.257 e. The van der Waals surface area contributed by atoms with E-state index in [0.29, 0.717) is 17.2 Å². The van der Waals surface area contributed by atoms with Gasteiger partial charge in [0.25, 0.3) is 5.91 Å². The fraction of sp³-hybridized carbons (Fsp3) is 0.143. The van der Waals surface area contributed by atoms with Crippen LogP contribution < -0.4 is 5.32 Å². The molecule has 1 amide bonds. The third-order valence-electron chi connectivity index (χ3n) is 2.86. The van der Waals surface area contributed by atoms with Crippen molar-refractivity contribution in [1.82, 2.24) is 19.7 Å². The van der Waals surface area contributed by atoms with E-state index in [1.54, 1.807) is 18.6 Å². The van der Waals surface area contributed by atoms with Gasteiger partial charge in [-0.05, 0) is 24.6 Å². The molecule has 0 aliphatic carbocycles. The van der Waals surface area contributed by atoms with Crippen molar-refractivity contribution in [2.45, 2.75) is 13.5 Å². The molecule has 1 N–H and O–H groups in total. The summed E-state index contributed by atoms with van der Waals surface area (Å²) in [6, 6.07) is 7.49. The molecule has 6 nitrogen and oxygen atoms in total. The van der Waals surface area contributed by atoms with Gasteiger partial charge in [0.2, 0.25) is 5.13 Å². The monoisotopic (exact) mass is 299 g/mol. The van der Waals surface area contributed by atoms with Crippen molar-refractivity contribution in [3.05, 3.63) is 59.1 Å². The number of rotatable bonds is 4. The van der Waals surface area contributed by atoms with Crippen LogP contribution in [0, 0.1) is 6.92 Å². The topological polar surface area (TPSA) is 72.7 Å². The summed E-state index contributed by atoms with van der Waals surface area (Å²) in [5, 5.41) is 11.8. The summed E-state index contributed by atoms with van der Waals surface area (Å²) in [5.41, 5.74) is 1.63. The Morgan fingerprint density at radius 2 is 2.29 bits per heavy atom. The Bertz CT molecular complexity index is 750. The van der Waals surface area contributed by atoms with Crippen molar-refractivity contribution in [2.24, 2.45) is 0 Å². The highest BCUT2D eigenvalue weighted by Gasteiger charge is 2.09. The largest absolute Gasteiger partial charge is 0.333 e. The SMILES string of the molecule is Cc1nnc(NC(=O)c2cccc(Cn3ccnc3)c2)s1. The lowest BCUT2D eigenvalue weighted by molar-refractivity contribution is 0.102. The number of hydrogen-bond donors (Lipinski definition) is 1. The number of nitrogens with one attached hydrogen (secondary N) is 1. The minimum absolute atomic E-state index is 0.182. The second kappa shape index (κ2) is 5.84. The van der Waals surface area contributed by atoms with Gasteiger partial charge in [-0.1, -0.05) is 23.5 Å². The van der Waals surface area contributed by atoms with Crippen LogP contribution in [0.2, 0.25) is 0 Å². The van der Waals surface area contributed by atoms with Crippen molar-refractivity contribution in [3.63, 3.8) is 0 Å². The molecule has 0 atom stereocenters. The summed E-state index contributed by atoms with van der Waals surface area (Å²) in [6.45, 7) is 2.53. The van der Waals surface area contributed by atoms with Crippen molar-refractivity contribution < 1.29 is 4.79 Å². The average molecular weight is 299 g/mol. The van der Waals surface area contributed by atoms with E-state index < -0.39 is 0 Å². The minimum Gasteiger partial charge on any atom is -0.333 e. The molecule has 0 radical (unpaired) electrons. The molecule has 0 unspecified atom stereocenters. The van der Waals surface area contributed by atoms with Crippen molar-refractivity contribution >= 4 is 22.4 Å². The molecule has 0 aliphatic heterocycles. The van der Waals surface area contributed by atoms with E-state index in [-0.39, 0.29) is 5.91 Å². The summed E-state index contributed by atoms with van der Waals surface area (Å²) in [4.78, 5) is 16.2. The molecule has 0 spiro atoms. The van der Waals surface area contributed by atoms with Gasteiger partial charge < -0.3 is 4.57 Å². The number of benzene rings is 1. The minimum atomic E-state index is -0.182. The normalized spacial score (nSPS) is 10.5. The van der Waals surface area contributed by atoms with Crippen molar-refractivity contribution in [1.29, 1.82) is 0 Å². The van der Waals surface area contributed by atoms with Crippen LogP contribution in [-0.4, -0.2) is 25.7 Å². The van der Waals surface area contributed by atoms with Crippen LogP contribution in [-0.2, 0) is 6.54 Å². The van der Waals surface area contributed by atoms with E-state index in [1.165, 1.54) is 11.3 Å².